The van der Waals surface area contributed by atoms with E-state index in [0.29, 0.717) is 6.04 Å². The second-order valence-electron chi connectivity index (χ2n) is 6.21. The lowest BCUT2D eigenvalue weighted by molar-refractivity contribution is 0.407. The predicted octanol–water partition coefficient (Wildman–Crippen LogP) is 2.95. The number of aryl methyl sites for hydroxylation is 1. The SMILES string of the molecule is CC1CCCc2nc(CC(C)(C)C)c(N)n21. The van der Waals surface area contributed by atoms with Gasteiger partial charge in [0.15, 0.2) is 0 Å². The molecule has 2 N–H and O–H groups in total. The molecular formula is C13H23N3. The summed E-state index contributed by atoms with van der Waals surface area (Å²) in [5, 5.41) is 0. The third kappa shape index (κ3) is 2.08. The molecule has 1 unspecified atom stereocenters. The summed E-state index contributed by atoms with van der Waals surface area (Å²) in [4.78, 5) is 4.72. The molecule has 0 spiro atoms. The number of fused-ring (bicyclic) bond motifs is 1. The lowest BCUT2D eigenvalue weighted by atomic mass is 9.90. The van der Waals surface area contributed by atoms with E-state index >= 15 is 0 Å². The summed E-state index contributed by atoms with van der Waals surface area (Å²) in [6, 6.07) is 0.518. The Bertz CT molecular complexity index is 385. The van der Waals surface area contributed by atoms with Crippen molar-refractivity contribution >= 4 is 5.82 Å². The Morgan fingerprint density at radius 3 is 2.69 bits per heavy atom. The first-order valence-corrected chi connectivity index (χ1v) is 6.24. The van der Waals surface area contributed by atoms with Gasteiger partial charge < -0.3 is 10.3 Å². The maximum atomic E-state index is 6.22. The van der Waals surface area contributed by atoms with E-state index in [0.717, 1.165) is 24.4 Å². The van der Waals surface area contributed by atoms with Crippen LogP contribution in [0.2, 0.25) is 0 Å². The molecule has 1 aromatic heterocycles. The van der Waals surface area contributed by atoms with Gasteiger partial charge in [0.05, 0.1) is 5.69 Å². The van der Waals surface area contributed by atoms with Gasteiger partial charge in [-0.1, -0.05) is 20.8 Å². The molecule has 0 saturated heterocycles. The van der Waals surface area contributed by atoms with Gasteiger partial charge >= 0.3 is 0 Å². The van der Waals surface area contributed by atoms with Crippen LogP contribution < -0.4 is 5.73 Å². The minimum atomic E-state index is 0.252. The van der Waals surface area contributed by atoms with E-state index < -0.39 is 0 Å². The number of nitrogens with two attached hydrogens (primary N) is 1. The lowest BCUT2D eigenvalue weighted by Gasteiger charge is -2.22. The molecule has 1 aromatic rings. The second-order valence-corrected chi connectivity index (χ2v) is 6.21. The molecule has 0 aromatic carbocycles. The van der Waals surface area contributed by atoms with Crippen molar-refractivity contribution in [3.05, 3.63) is 11.5 Å². The number of rotatable bonds is 1. The van der Waals surface area contributed by atoms with Crippen molar-refractivity contribution < 1.29 is 0 Å². The fraction of sp³-hybridized carbons (Fsp3) is 0.769. The fourth-order valence-electron chi connectivity index (χ4n) is 2.53. The molecule has 16 heavy (non-hydrogen) atoms. The molecule has 3 nitrogen and oxygen atoms in total. The van der Waals surface area contributed by atoms with Crippen molar-refractivity contribution in [2.45, 2.75) is 59.4 Å². The van der Waals surface area contributed by atoms with Gasteiger partial charge in [0.2, 0.25) is 0 Å². The van der Waals surface area contributed by atoms with Crippen molar-refractivity contribution in [3.63, 3.8) is 0 Å². The van der Waals surface area contributed by atoms with Gasteiger partial charge in [-0.3, -0.25) is 0 Å². The summed E-state index contributed by atoms with van der Waals surface area (Å²) in [6.45, 7) is 8.93. The molecule has 0 radical (unpaired) electrons. The van der Waals surface area contributed by atoms with Crippen molar-refractivity contribution in [3.8, 4) is 0 Å². The molecule has 3 heteroatoms. The van der Waals surface area contributed by atoms with Crippen LogP contribution in [0, 0.1) is 5.41 Å². The second kappa shape index (κ2) is 3.79. The number of imidazole rings is 1. The Balaban J connectivity index is 2.35. The third-order valence-electron chi connectivity index (χ3n) is 3.26. The summed E-state index contributed by atoms with van der Waals surface area (Å²) in [7, 11) is 0. The maximum Gasteiger partial charge on any atom is 0.127 e. The van der Waals surface area contributed by atoms with Crippen LogP contribution in [0.1, 0.15) is 58.1 Å². The molecule has 0 aliphatic carbocycles. The standard InChI is InChI=1S/C13H23N3/c1-9-6-5-7-11-15-10(8-13(2,3)4)12(14)16(9)11/h9H,5-8,14H2,1-4H3. The minimum absolute atomic E-state index is 0.252. The first kappa shape index (κ1) is 11.5. The Kier molecular flexibility index (Phi) is 2.72. The molecule has 0 saturated carbocycles. The van der Waals surface area contributed by atoms with Crippen LogP contribution >= 0.6 is 0 Å². The highest BCUT2D eigenvalue weighted by Crippen LogP contribution is 2.32. The highest BCUT2D eigenvalue weighted by Gasteiger charge is 2.24. The van der Waals surface area contributed by atoms with E-state index in [4.69, 9.17) is 10.7 Å². The van der Waals surface area contributed by atoms with Gasteiger partial charge in [-0.25, -0.2) is 4.98 Å². The van der Waals surface area contributed by atoms with E-state index in [1.54, 1.807) is 0 Å². The molecule has 1 atom stereocenters. The molecule has 2 rings (SSSR count). The van der Waals surface area contributed by atoms with E-state index in [2.05, 4.69) is 32.3 Å². The zero-order valence-corrected chi connectivity index (χ0v) is 10.9. The Hall–Kier alpha value is -0.990. The van der Waals surface area contributed by atoms with Gasteiger partial charge in [-0.05, 0) is 31.6 Å². The van der Waals surface area contributed by atoms with Gasteiger partial charge in [-0.2, -0.15) is 0 Å². The number of hydrogen-bond donors (Lipinski definition) is 1. The topological polar surface area (TPSA) is 43.8 Å². The first-order chi connectivity index (χ1) is 7.38. The molecule has 0 bridgehead atoms. The molecule has 1 aliphatic rings. The average Bonchev–Trinajstić information content (AvgIpc) is 2.42. The number of hydrogen-bond acceptors (Lipinski definition) is 2. The molecule has 1 aliphatic heterocycles. The van der Waals surface area contributed by atoms with Crippen LogP contribution in [0.25, 0.3) is 0 Å². The summed E-state index contributed by atoms with van der Waals surface area (Å²) < 4.78 is 2.24. The van der Waals surface area contributed by atoms with Gasteiger partial charge in [0.25, 0.3) is 0 Å². The summed E-state index contributed by atoms with van der Waals surface area (Å²) in [5.74, 6) is 2.09. The number of anilines is 1. The molecule has 90 valence electrons. The van der Waals surface area contributed by atoms with Crippen LogP contribution in [0.4, 0.5) is 5.82 Å². The van der Waals surface area contributed by atoms with Gasteiger partial charge in [0.1, 0.15) is 11.6 Å². The molecule has 0 amide bonds. The van der Waals surface area contributed by atoms with Gasteiger partial charge in [0, 0.05) is 12.5 Å². The van der Waals surface area contributed by atoms with Crippen LogP contribution in [0.15, 0.2) is 0 Å². The zero-order chi connectivity index (χ0) is 11.9. The Morgan fingerprint density at radius 2 is 2.12 bits per heavy atom. The fourth-order valence-corrected chi connectivity index (χ4v) is 2.53. The van der Waals surface area contributed by atoms with Crippen molar-refractivity contribution in [2.75, 3.05) is 5.73 Å². The number of aromatic nitrogens is 2. The van der Waals surface area contributed by atoms with E-state index in [1.807, 2.05) is 0 Å². The summed E-state index contributed by atoms with van der Waals surface area (Å²) in [5.41, 5.74) is 7.57. The summed E-state index contributed by atoms with van der Waals surface area (Å²) >= 11 is 0. The highest BCUT2D eigenvalue weighted by molar-refractivity contribution is 5.40. The smallest absolute Gasteiger partial charge is 0.127 e. The maximum absolute atomic E-state index is 6.22. The monoisotopic (exact) mass is 221 g/mol. The molecular weight excluding hydrogens is 198 g/mol. The third-order valence-corrected chi connectivity index (χ3v) is 3.26. The van der Waals surface area contributed by atoms with Crippen LogP contribution in [-0.2, 0) is 12.8 Å². The van der Waals surface area contributed by atoms with Crippen molar-refractivity contribution in [2.24, 2.45) is 5.41 Å². The Morgan fingerprint density at radius 1 is 1.44 bits per heavy atom. The van der Waals surface area contributed by atoms with Crippen LogP contribution in [0.5, 0.6) is 0 Å². The largest absolute Gasteiger partial charge is 0.384 e. The van der Waals surface area contributed by atoms with Crippen LogP contribution in [0.3, 0.4) is 0 Å². The highest BCUT2D eigenvalue weighted by atomic mass is 15.2. The van der Waals surface area contributed by atoms with Crippen molar-refractivity contribution in [1.29, 1.82) is 0 Å². The van der Waals surface area contributed by atoms with Crippen LogP contribution in [-0.4, -0.2) is 9.55 Å². The lowest BCUT2D eigenvalue weighted by Crippen LogP contribution is -2.17. The Labute approximate surface area is 98.1 Å². The van der Waals surface area contributed by atoms with E-state index in [1.165, 1.54) is 18.7 Å². The van der Waals surface area contributed by atoms with Crippen molar-refractivity contribution in [1.82, 2.24) is 9.55 Å². The number of nitrogens with zero attached hydrogens (tertiary/aromatic N) is 2. The van der Waals surface area contributed by atoms with E-state index in [9.17, 15) is 0 Å². The van der Waals surface area contributed by atoms with E-state index in [-0.39, 0.29) is 5.41 Å². The first-order valence-electron chi connectivity index (χ1n) is 6.24. The average molecular weight is 221 g/mol. The minimum Gasteiger partial charge on any atom is -0.384 e. The molecule has 0 fully saturated rings. The quantitative estimate of drug-likeness (QED) is 0.792. The number of nitrogen functional groups attached to an aromatic ring is 1. The predicted molar refractivity (Wildman–Crippen MR) is 67.4 cm³/mol. The summed E-state index contributed by atoms with van der Waals surface area (Å²) in [6.07, 6.45) is 4.51. The zero-order valence-electron chi connectivity index (χ0n) is 10.9. The normalized spacial score (nSPS) is 20.9. The molecule has 2 heterocycles. The van der Waals surface area contributed by atoms with Gasteiger partial charge in [-0.15, -0.1) is 0 Å².